The van der Waals surface area contributed by atoms with Crippen molar-refractivity contribution in [2.45, 2.75) is 71.6 Å². The first-order valence-electron chi connectivity index (χ1n) is 12.4. The van der Waals surface area contributed by atoms with Gasteiger partial charge in [0.1, 0.15) is 17.7 Å². The summed E-state index contributed by atoms with van der Waals surface area (Å²) in [6.07, 6.45) is 0.147. The van der Waals surface area contributed by atoms with E-state index in [-0.39, 0.29) is 36.7 Å². The van der Waals surface area contributed by atoms with Gasteiger partial charge in [0.2, 0.25) is 11.8 Å². The minimum atomic E-state index is -0.754. The molecule has 1 aromatic carbocycles. The second-order valence-corrected chi connectivity index (χ2v) is 10.7. The van der Waals surface area contributed by atoms with Crippen molar-refractivity contribution in [3.05, 3.63) is 58.6 Å². The van der Waals surface area contributed by atoms with Crippen molar-refractivity contribution in [3.63, 3.8) is 0 Å². The molecule has 1 aliphatic heterocycles. The van der Waals surface area contributed by atoms with Gasteiger partial charge < -0.3 is 19.8 Å². The Morgan fingerprint density at radius 3 is 2.53 bits per heavy atom. The standard InChI is InChI=1S/C27H34N4O4S/c1-6-21(18-7-9-19(10-8-18)25-17(5)28-14-36-25)29-26(33)22-12-20(32)13-31(22)27(34)24(15(2)3)23-11-16(4)30-35-23/h7-11,14-15,20-22,24,32H,6,12-13H2,1-5H3,(H,29,33)/t20-,21+,22+,24?/m1/s1. The highest BCUT2D eigenvalue weighted by molar-refractivity contribution is 7.13. The molecule has 4 rings (SSSR count). The SMILES string of the molecule is CC[C@H](NC(=O)[C@@H]1C[C@@H](O)CN1C(=O)C(c1cc(C)no1)C(C)C)c1ccc(-c2scnc2C)cc1. The second-order valence-electron chi connectivity index (χ2n) is 9.85. The van der Waals surface area contributed by atoms with E-state index in [0.717, 1.165) is 21.7 Å². The highest BCUT2D eigenvalue weighted by Crippen LogP contribution is 2.32. The van der Waals surface area contributed by atoms with Crippen LogP contribution >= 0.6 is 11.3 Å². The number of hydrogen-bond acceptors (Lipinski definition) is 7. The number of thiazole rings is 1. The van der Waals surface area contributed by atoms with E-state index in [1.165, 1.54) is 4.90 Å². The Morgan fingerprint density at radius 2 is 1.97 bits per heavy atom. The molecule has 1 unspecified atom stereocenters. The van der Waals surface area contributed by atoms with Crippen molar-refractivity contribution < 1.29 is 19.2 Å². The van der Waals surface area contributed by atoms with Crippen LogP contribution in [0.3, 0.4) is 0 Å². The second kappa shape index (κ2) is 10.9. The van der Waals surface area contributed by atoms with E-state index in [4.69, 9.17) is 4.52 Å². The van der Waals surface area contributed by atoms with Gasteiger partial charge >= 0.3 is 0 Å². The van der Waals surface area contributed by atoms with E-state index >= 15 is 0 Å². The number of aryl methyl sites for hydroxylation is 2. The summed E-state index contributed by atoms with van der Waals surface area (Å²) in [5.41, 5.74) is 5.62. The van der Waals surface area contributed by atoms with Gasteiger partial charge in [-0.1, -0.05) is 50.2 Å². The van der Waals surface area contributed by atoms with Crippen LogP contribution in [0.2, 0.25) is 0 Å². The molecule has 1 fully saturated rings. The third kappa shape index (κ3) is 5.37. The lowest BCUT2D eigenvalue weighted by atomic mass is 9.91. The van der Waals surface area contributed by atoms with Crippen LogP contribution in [0.15, 0.2) is 40.4 Å². The first-order valence-corrected chi connectivity index (χ1v) is 13.3. The van der Waals surface area contributed by atoms with Gasteiger partial charge in [-0.15, -0.1) is 11.3 Å². The number of hydrogen-bond donors (Lipinski definition) is 2. The summed E-state index contributed by atoms with van der Waals surface area (Å²) in [4.78, 5) is 34.0. The largest absolute Gasteiger partial charge is 0.391 e. The van der Waals surface area contributed by atoms with Crippen molar-refractivity contribution in [1.82, 2.24) is 20.4 Å². The lowest BCUT2D eigenvalue weighted by Gasteiger charge is -2.30. The number of aliphatic hydroxyl groups excluding tert-OH is 1. The molecule has 2 aromatic heterocycles. The summed E-state index contributed by atoms with van der Waals surface area (Å²) in [6, 6.07) is 8.95. The van der Waals surface area contributed by atoms with Crippen LogP contribution in [0.4, 0.5) is 0 Å². The van der Waals surface area contributed by atoms with Crippen molar-refractivity contribution in [2.75, 3.05) is 6.54 Å². The van der Waals surface area contributed by atoms with Crippen molar-refractivity contribution in [2.24, 2.45) is 5.92 Å². The number of carbonyl (C=O) groups is 2. The number of rotatable bonds is 8. The van der Waals surface area contributed by atoms with E-state index in [9.17, 15) is 14.7 Å². The van der Waals surface area contributed by atoms with Gasteiger partial charge in [0, 0.05) is 19.0 Å². The molecule has 0 bridgehead atoms. The van der Waals surface area contributed by atoms with E-state index in [1.807, 2.05) is 57.5 Å². The molecular formula is C27H34N4O4S. The number of β-amino-alcohol motifs (C(OH)–C–C–N with tert-alkyl or cyclic N) is 1. The summed E-state index contributed by atoms with van der Waals surface area (Å²) < 4.78 is 5.41. The zero-order valence-corrected chi connectivity index (χ0v) is 22.2. The summed E-state index contributed by atoms with van der Waals surface area (Å²) in [5.74, 6) is -0.636. The summed E-state index contributed by atoms with van der Waals surface area (Å²) in [6.45, 7) is 9.80. The number of nitrogens with zero attached hydrogens (tertiary/aromatic N) is 3. The van der Waals surface area contributed by atoms with Crippen molar-refractivity contribution in [1.29, 1.82) is 0 Å². The van der Waals surface area contributed by atoms with Gasteiger partial charge in [0.05, 0.1) is 33.9 Å². The third-order valence-electron chi connectivity index (χ3n) is 6.80. The van der Waals surface area contributed by atoms with Gasteiger partial charge in [-0.25, -0.2) is 4.98 Å². The molecule has 0 saturated carbocycles. The van der Waals surface area contributed by atoms with Gasteiger partial charge in [-0.05, 0) is 37.3 Å². The molecule has 4 atom stereocenters. The Morgan fingerprint density at radius 1 is 1.25 bits per heavy atom. The van der Waals surface area contributed by atoms with Crippen molar-refractivity contribution >= 4 is 23.2 Å². The molecule has 8 nitrogen and oxygen atoms in total. The zero-order chi connectivity index (χ0) is 26.0. The van der Waals surface area contributed by atoms with Crippen LogP contribution in [0, 0.1) is 19.8 Å². The molecule has 0 aliphatic carbocycles. The summed E-state index contributed by atoms with van der Waals surface area (Å²) in [5, 5.41) is 17.5. The van der Waals surface area contributed by atoms with Crippen LogP contribution < -0.4 is 5.32 Å². The average Bonchev–Trinajstić information content (AvgIpc) is 3.57. The fourth-order valence-corrected chi connectivity index (χ4v) is 5.70. The first-order chi connectivity index (χ1) is 17.2. The van der Waals surface area contributed by atoms with Crippen LogP contribution in [0.1, 0.15) is 68.3 Å². The molecule has 192 valence electrons. The zero-order valence-electron chi connectivity index (χ0n) is 21.4. The molecule has 2 N–H and O–H groups in total. The van der Waals surface area contributed by atoms with Crippen LogP contribution in [0.25, 0.3) is 10.4 Å². The van der Waals surface area contributed by atoms with Crippen LogP contribution in [-0.4, -0.2) is 50.7 Å². The molecule has 0 spiro atoms. The lowest BCUT2D eigenvalue weighted by molar-refractivity contribution is -0.141. The number of likely N-dealkylation sites (tertiary alicyclic amines) is 1. The Labute approximate surface area is 215 Å². The van der Waals surface area contributed by atoms with E-state index in [2.05, 4.69) is 15.5 Å². The van der Waals surface area contributed by atoms with E-state index in [1.54, 1.807) is 24.3 Å². The molecular weight excluding hydrogens is 476 g/mol. The van der Waals surface area contributed by atoms with Crippen LogP contribution in [0.5, 0.6) is 0 Å². The highest BCUT2D eigenvalue weighted by atomic mass is 32.1. The number of amides is 2. The highest BCUT2D eigenvalue weighted by Gasteiger charge is 2.43. The molecule has 1 aliphatic rings. The minimum Gasteiger partial charge on any atom is -0.391 e. The molecule has 0 radical (unpaired) electrons. The van der Waals surface area contributed by atoms with Gasteiger partial charge in [0.15, 0.2) is 0 Å². The fraction of sp³-hybridized carbons (Fsp3) is 0.481. The molecule has 9 heteroatoms. The minimum absolute atomic E-state index is 0.0598. The first kappa shape index (κ1) is 26.0. The van der Waals surface area contributed by atoms with E-state index in [0.29, 0.717) is 17.9 Å². The van der Waals surface area contributed by atoms with Gasteiger partial charge in [0.25, 0.3) is 0 Å². The Hall–Kier alpha value is -3.04. The van der Waals surface area contributed by atoms with Crippen molar-refractivity contribution in [3.8, 4) is 10.4 Å². The monoisotopic (exact) mass is 510 g/mol. The topological polar surface area (TPSA) is 109 Å². The van der Waals surface area contributed by atoms with E-state index < -0.39 is 18.1 Å². The summed E-state index contributed by atoms with van der Waals surface area (Å²) >= 11 is 1.60. The maximum absolute atomic E-state index is 13.6. The van der Waals surface area contributed by atoms with Gasteiger partial charge in [-0.3, -0.25) is 9.59 Å². The average molecular weight is 511 g/mol. The lowest BCUT2D eigenvalue weighted by Crippen LogP contribution is -2.48. The Balaban J connectivity index is 1.50. The number of nitrogens with one attached hydrogen (secondary N) is 1. The summed E-state index contributed by atoms with van der Waals surface area (Å²) in [7, 11) is 0. The van der Waals surface area contributed by atoms with Gasteiger partial charge in [-0.2, -0.15) is 0 Å². The third-order valence-corrected chi connectivity index (χ3v) is 7.77. The molecule has 3 aromatic rings. The predicted molar refractivity (Wildman–Crippen MR) is 138 cm³/mol. The Bertz CT molecular complexity index is 1200. The number of benzene rings is 1. The normalized spacial score (nSPS) is 19.5. The Kier molecular flexibility index (Phi) is 7.90. The number of aromatic nitrogens is 2. The smallest absolute Gasteiger partial charge is 0.243 e. The van der Waals surface area contributed by atoms with Crippen LogP contribution in [-0.2, 0) is 9.59 Å². The molecule has 36 heavy (non-hydrogen) atoms. The molecule has 1 saturated heterocycles. The number of carbonyl (C=O) groups excluding carboxylic acids is 2. The molecule has 3 heterocycles. The maximum atomic E-state index is 13.6. The quantitative estimate of drug-likeness (QED) is 0.465. The molecule has 2 amide bonds. The fourth-order valence-electron chi connectivity index (χ4n) is 4.88. The maximum Gasteiger partial charge on any atom is 0.243 e. The number of aliphatic hydroxyl groups is 1. The predicted octanol–water partition coefficient (Wildman–Crippen LogP) is 4.38.